The zero-order valence-corrected chi connectivity index (χ0v) is 11.3. The summed E-state index contributed by atoms with van der Waals surface area (Å²) in [6.07, 6.45) is 0. The topological polar surface area (TPSA) is 49.7 Å². The van der Waals surface area contributed by atoms with Gasteiger partial charge in [-0.15, -0.1) is 0 Å². The summed E-state index contributed by atoms with van der Waals surface area (Å²) in [5.74, 6) is 0.646. The van der Waals surface area contributed by atoms with Gasteiger partial charge >= 0.3 is 0 Å². The largest absolute Gasteiger partial charge is 0.490 e. The standard InChI is InChI=1S/C12H17BrO3/c1-8-4-10(13)5-9(6-14)11(8)16-7-12(2,3)15/h4-5,14-15H,6-7H2,1-3H3. The summed E-state index contributed by atoms with van der Waals surface area (Å²) in [5, 5.41) is 18.8. The van der Waals surface area contributed by atoms with Crippen molar-refractivity contribution in [2.24, 2.45) is 0 Å². The number of rotatable bonds is 4. The Morgan fingerprint density at radius 1 is 1.38 bits per heavy atom. The summed E-state index contributed by atoms with van der Waals surface area (Å²) in [4.78, 5) is 0. The third-order valence-corrected chi connectivity index (χ3v) is 2.51. The molecule has 0 saturated carbocycles. The number of benzene rings is 1. The van der Waals surface area contributed by atoms with E-state index in [9.17, 15) is 10.2 Å². The fourth-order valence-corrected chi connectivity index (χ4v) is 1.99. The molecule has 0 radical (unpaired) electrons. The van der Waals surface area contributed by atoms with Gasteiger partial charge in [-0.2, -0.15) is 0 Å². The summed E-state index contributed by atoms with van der Waals surface area (Å²) >= 11 is 3.36. The van der Waals surface area contributed by atoms with Gasteiger partial charge in [0.25, 0.3) is 0 Å². The van der Waals surface area contributed by atoms with Gasteiger partial charge in [0, 0.05) is 10.0 Å². The van der Waals surface area contributed by atoms with Crippen LogP contribution in [0, 0.1) is 6.92 Å². The van der Waals surface area contributed by atoms with Gasteiger partial charge < -0.3 is 14.9 Å². The number of ether oxygens (including phenoxy) is 1. The molecule has 0 aliphatic carbocycles. The molecule has 0 spiro atoms. The monoisotopic (exact) mass is 288 g/mol. The summed E-state index contributed by atoms with van der Waals surface area (Å²) < 4.78 is 6.45. The van der Waals surface area contributed by atoms with Crippen molar-refractivity contribution in [2.75, 3.05) is 6.61 Å². The van der Waals surface area contributed by atoms with Gasteiger partial charge in [-0.05, 0) is 38.5 Å². The normalized spacial score (nSPS) is 11.6. The van der Waals surface area contributed by atoms with E-state index in [1.807, 2.05) is 19.1 Å². The minimum atomic E-state index is -0.883. The van der Waals surface area contributed by atoms with Crippen LogP contribution in [0.15, 0.2) is 16.6 Å². The second kappa shape index (κ2) is 5.17. The molecule has 0 heterocycles. The Bertz CT molecular complexity index is 369. The number of aryl methyl sites for hydroxylation is 1. The maximum absolute atomic E-state index is 9.59. The second-order valence-electron chi connectivity index (χ2n) is 4.47. The Hall–Kier alpha value is -0.580. The van der Waals surface area contributed by atoms with Crippen LogP contribution in [-0.2, 0) is 6.61 Å². The van der Waals surface area contributed by atoms with Crippen LogP contribution in [-0.4, -0.2) is 22.4 Å². The van der Waals surface area contributed by atoms with E-state index in [2.05, 4.69) is 15.9 Å². The molecule has 1 aromatic carbocycles. The van der Waals surface area contributed by atoms with E-state index < -0.39 is 5.60 Å². The molecule has 2 N–H and O–H groups in total. The van der Waals surface area contributed by atoms with Crippen molar-refractivity contribution < 1.29 is 14.9 Å². The molecule has 0 saturated heterocycles. The lowest BCUT2D eigenvalue weighted by molar-refractivity contribution is 0.0275. The number of aliphatic hydroxyl groups excluding tert-OH is 1. The Balaban J connectivity index is 2.94. The van der Waals surface area contributed by atoms with Crippen LogP contribution in [0.3, 0.4) is 0 Å². The predicted octanol–water partition coefficient (Wildman–Crippen LogP) is 2.40. The molecule has 1 aromatic rings. The number of aliphatic hydroxyl groups is 2. The molecule has 3 nitrogen and oxygen atoms in total. The zero-order chi connectivity index (χ0) is 12.3. The van der Waals surface area contributed by atoms with Crippen molar-refractivity contribution >= 4 is 15.9 Å². The molecule has 0 amide bonds. The summed E-state index contributed by atoms with van der Waals surface area (Å²) in [5.41, 5.74) is 0.769. The fourth-order valence-electron chi connectivity index (χ4n) is 1.37. The Morgan fingerprint density at radius 3 is 2.50 bits per heavy atom. The molecule has 90 valence electrons. The van der Waals surface area contributed by atoms with Crippen molar-refractivity contribution in [1.82, 2.24) is 0 Å². The molecule has 0 bridgehead atoms. The highest BCUT2D eigenvalue weighted by atomic mass is 79.9. The molecule has 1 rings (SSSR count). The molecular weight excluding hydrogens is 272 g/mol. The number of hydrogen-bond donors (Lipinski definition) is 2. The van der Waals surface area contributed by atoms with E-state index in [1.54, 1.807) is 13.8 Å². The SMILES string of the molecule is Cc1cc(Br)cc(CO)c1OCC(C)(C)O. The van der Waals surface area contributed by atoms with Gasteiger partial charge in [0.1, 0.15) is 12.4 Å². The van der Waals surface area contributed by atoms with E-state index in [0.717, 1.165) is 15.6 Å². The molecule has 4 heteroatoms. The molecule has 0 aliphatic rings. The van der Waals surface area contributed by atoms with Crippen LogP contribution in [0.5, 0.6) is 5.75 Å². The first-order valence-corrected chi connectivity index (χ1v) is 5.88. The molecule has 16 heavy (non-hydrogen) atoms. The number of halogens is 1. The molecule has 0 unspecified atom stereocenters. The summed E-state index contributed by atoms with van der Waals surface area (Å²) in [6, 6.07) is 3.73. The average Bonchev–Trinajstić information content (AvgIpc) is 2.13. The Morgan fingerprint density at radius 2 is 2.00 bits per heavy atom. The summed E-state index contributed by atoms with van der Waals surface area (Å²) in [6.45, 7) is 5.38. The van der Waals surface area contributed by atoms with Crippen molar-refractivity contribution in [2.45, 2.75) is 33.0 Å². The van der Waals surface area contributed by atoms with Crippen LogP contribution in [0.1, 0.15) is 25.0 Å². The molecule has 0 aromatic heterocycles. The lowest BCUT2D eigenvalue weighted by atomic mass is 10.1. The van der Waals surface area contributed by atoms with Gasteiger partial charge in [0.15, 0.2) is 0 Å². The minimum Gasteiger partial charge on any atom is -0.490 e. The smallest absolute Gasteiger partial charge is 0.127 e. The third kappa shape index (κ3) is 3.77. The lowest BCUT2D eigenvalue weighted by Crippen LogP contribution is -2.28. The second-order valence-corrected chi connectivity index (χ2v) is 5.39. The first kappa shape index (κ1) is 13.5. The zero-order valence-electron chi connectivity index (χ0n) is 9.75. The highest BCUT2D eigenvalue weighted by Crippen LogP contribution is 2.28. The number of hydrogen-bond acceptors (Lipinski definition) is 3. The van der Waals surface area contributed by atoms with Crippen LogP contribution in [0.25, 0.3) is 0 Å². The van der Waals surface area contributed by atoms with Gasteiger partial charge in [-0.25, -0.2) is 0 Å². The Kier molecular flexibility index (Phi) is 4.35. The van der Waals surface area contributed by atoms with Crippen molar-refractivity contribution in [3.05, 3.63) is 27.7 Å². The first-order chi connectivity index (χ1) is 7.33. The third-order valence-electron chi connectivity index (χ3n) is 2.06. The van der Waals surface area contributed by atoms with E-state index >= 15 is 0 Å². The van der Waals surface area contributed by atoms with E-state index in [-0.39, 0.29) is 13.2 Å². The summed E-state index contributed by atoms with van der Waals surface area (Å²) in [7, 11) is 0. The minimum absolute atomic E-state index is 0.0819. The van der Waals surface area contributed by atoms with Crippen molar-refractivity contribution in [3.63, 3.8) is 0 Å². The molecule has 0 fully saturated rings. The van der Waals surface area contributed by atoms with Crippen LogP contribution >= 0.6 is 15.9 Å². The predicted molar refractivity (Wildman–Crippen MR) is 66.6 cm³/mol. The van der Waals surface area contributed by atoms with Crippen molar-refractivity contribution in [1.29, 1.82) is 0 Å². The maximum Gasteiger partial charge on any atom is 0.127 e. The molecule has 0 aliphatic heterocycles. The van der Waals surface area contributed by atoms with Crippen LogP contribution in [0.4, 0.5) is 0 Å². The van der Waals surface area contributed by atoms with Gasteiger partial charge in [-0.1, -0.05) is 15.9 Å². The van der Waals surface area contributed by atoms with Gasteiger partial charge in [0.2, 0.25) is 0 Å². The van der Waals surface area contributed by atoms with E-state index in [4.69, 9.17) is 4.74 Å². The van der Waals surface area contributed by atoms with E-state index in [0.29, 0.717) is 5.75 Å². The lowest BCUT2D eigenvalue weighted by Gasteiger charge is -2.20. The van der Waals surface area contributed by atoms with Crippen LogP contribution in [0.2, 0.25) is 0 Å². The first-order valence-electron chi connectivity index (χ1n) is 5.08. The van der Waals surface area contributed by atoms with Crippen LogP contribution < -0.4 is 4.74 Å². The van der Waals surface area contributed by atoms with Gasteiger partial charge in [-0.3, -0.25) is 0 Å². The fraction of sp³-hybridized carbons (Fsp3) is 0.500. The maximum atomic E-state index is 9.59. The van der Waals surface area contributed by atoms with Gasteiger partial charge in [0.05, 0.1) is 12.2 Å². The van der Waals surface area contributed by atoms with Crippen molar-refractivity contribution in [3.8, 4) is 5.75 Å². The molecular formula is C12H17BrO3. The highest BCUT2D eigenvalue weighted by molar-refractivity contribution is 9.10. The molecule has 0 atom stereocenters. The Labute approximate surface area is 104 Å². The quantitative estimate of drug-likeness (QED) is 0.895. The van der Waals surface area contributed by atoms with E-state index in [1.165, 1.54) is 0 Å². The highest BCUT2D eigenvalue weighted by Gasteiger charge is 2.16. The average molecular weight is 289 g/mol.